The monoisotopic (exact) mass is 316 g/mol. The largest absolute Gasteiger partial charge is 0.279 e. The molecule has 1 heterocycles. The Bertz CT molecular complexity index is 523. The Hall–Kier alpha value is -0.620. The maximum absolute atomic E-state index is 12.2. The van der Waals surface area contributed by atoms with E-state index < -0.39 is 10.2 Å². The van der Waals surface area contributed by atoms with Crippen LogP contribution in [0.15, 0.2) is 24.3 Å². The quantitative estimate of drug-likeness (QED) is 0.848. The summed E-state index contributed by atoms with van der Waals surface area (Å²) in [5, 5.41) is 0. The Labute approximate surface area is 126 Å². The third kappa shape index (κ3) is 4.19. The van der Waals surface area contributed by atoms with Crippen molar-refractivity contribution < 1.29 is 8.42 Å². The second-order valence-corrected chi connectivity index (χ2v) is 7.38. The van der Waals surface area contributed by atoms with E-state index in [1.807, 2.05) is 24.3 Å². The van der Waals surface area contributed by atoms with Gasteiger partial charge < -0.3 is 0 Å². The van der Waals surface area contributed by atoms with Gasteiger partial charge in [-0.1, -0.05) is 31.2 Å². The smallest absolute Gasteiger partial charge is 0.198 e. The highest BCUT2D eigenvalue weighted by molar-refractivity contribution is 7.87. The maximum atomic E-state index is 12.2. The van der Waals surface area contributed by atoms with Crippen LogP contribution in [0.2, 0.25) is 0 Å². The first-order valence-corrected chi connectivity index (χ1v) is 8.87. The highest BCUT2D eigenvalue weighted by Gasteiger charge is 2.25. The fourth-order valence-electron chi connectivity index (χ4n) is 2.24. The number of benzene rings is 1. The second-order valence-electron chi connectivity index (χ2n) is 5.36. The second kappa shape index (κ2) is 6.89. The summed E-state index contributed by atoms with van der Waals surface area (Å²) in [7, 11) is -3.36. The summed E-state index contributed by atoms with van der Waals surface area (Å²) >= 11 is 5.72. The van der Waals surface area contributed by atoms with Crippen molar-refractivity contribution in [2.45, 2.75) is 32.2 Å². The molecule has 0 aromatic heterocycles. The molecule has 1 aromatic rings. The number of hydrogen-bond donors (Lipinski definition) is 1. The fourth-order valence-corrected chi connectivity index (χ4v) is 3.64. The Kier molecular flexibility index (Phi) is 5.43. The topological polar surface area (TPSA) is 49.4 Å². The van der Waals surface area contributed by atoms with E-state index >= 15 is 0 Å². The van der Waals surface area contributed by atoms with Gasteiger partial charge in [-0.2, -0.15) is 17.4 Å². The standard InChI is InChI=1S/C14H21ClN2O2S/c1-12-6-8-17(9-7-12)20(18,19)16-11-14-4-2-13(10-15)3-5-14/h2-5,12,16H,6-11H2,1H3. The summed E-state index contributed by atoms with van der Waals surface area (Å²) in [6.45, 7) is 3.70. The molecule has 0 unspecified atom stereocenters. The van der Waals surface area contributed by atoms with Gasteiger partial charge in [0.1, 0.15) is 0 Å². The number of nitrogens with zero attached hydrogens (tertiary/aromatic N) is 1. The normalized spacial score (nSPS) is 18.3. The zero-order valence-corrected chi connectivity index (χ0v) is 13.3. The zero-order valence-electron chi connectivity index (χ0n) is 11.7. The Morgan fingerprint density at radius 3 is 2.30 bits per heavy atom. The number of hydrogen-bond acceptors (Lipinski definition) is 2. The van der Waals surface area contributed by atoms with Crippen molar-refractivity contribution in [2.24, 2.45) is 5.92 Å². The van der Waals surface area contributed by atoms with E-state index in [0.29, 0.717) is 31.4 Å². The molecule has 0 spiro atoms. The number of halogens is 1. The molecule has 0 aliphatic carbocycles. The SMILES string of the molecule is CC1CCN(S(=O)(=O)NCc2ccc(CCl)cc2)CC1. The summed E-state index contributed by atoms with van der Waals surface area (Å²) in [6, 6.07) is 7.63. The lowest BCUT2D eigenvalue weighted by atomic mass is 10.0. The first-order chi connectivity index (χ1) is 9.51. The molecule has 1 aliphatic heterocycles. The van der Waals surface area contributed by atoms with Gasteiger partial charge in [0, 0.05) is 25.5 Å². The molecule has 0 amide bonds. The lowest BCUT2D eigenvalue weighted by Gasteiger charge is -2.29. The first-order valence-electron chi connectivity index (χ1n) is 6.90. The molecule has 6 heteroatoms. The predicted octanol–water partition coefficient (Wildman–Crippen LogP) is 2.49. The van der Waals surface area contributed by atoms with Crippen LogP contribution in [0.5, 0.6) is 0 Å². The zero-order chi connectivity index (χ0) is 14.6. The van der Waals surface area contributed by atoms with Gasteiger partial charge in [0.05, 0.1) is 0 Å². The van der Waals surface area contributed by atoms with E-state index in [0.717, 1.165) is 24.0 Å². The van der Waals surface area contributed by atoms with Gasteiger partial charge >= 0.3 is 0 Å². The number of alkyl halides is 1. The summed E-state index contributed by atoms with van der Waals surface area (Å²) in [6.07, 6.45) is 1.87. The van der Waals surface area contributed by atoms with Crippen LogP contribution in [0.25, 0.3) is 0 Å². The van der Waals surface area contributed by atoms with Crippen LogP contribution in [0.1, 0.15) is 30.9 Å². The molecule has 1 N–H and O–H groups in total. The average Bonchev–Trinajstić information content (AvgIpc) is 2.46. The Morgan fingerprint density at radius 2 is 1.75 bits per heavy atom. The van der Waals surface area contributed by atoms with Crippen molar-refractivity contribution in [1.29, 1.82) is 0 Å². The Balaban J connectivity index is 1.91. The predicted molar refractivity (Wildman–Crippen MR) is 81.7 cm³/mol. The minimum absolute atomic E-state index is 0.316. The van der Waals surface area contributed by atoms with Gasteiger partial charge in [0.2, 0.25) is 0 Å². The van der Waals surface area contributed by atoms with Crippen molar-refractivity contribution in [2.75, 3.05) is 13.1 Å². The lowest BCUT2D eigenvalue weighted by Crippen LogP contribution is -2.44. The van der Waals surface area contributed by atoms with Crippen molar-refractivity contribution in [3.8, 4) is 0 Å². The average molecular weight is 317 g/mol. The summed E-state index contributed by atoms with van der Waals surface area (Å²) in [4.78, 5) is 0. The minimum Gasteiger partial charge on any atom is -0.198 e. The number of piperidine rings is 1. The molecule has 0 bridgehead atoms. The van der Waals surface area contributed by atoms with E-state index in [1.54, 1.807) is 4.31 Å². The highest BCUT2D eigenvalue weighted by Crippen LogP contribution is 2.18. The third-order valence-corrected chi connectivity index (χ3v) is 5.58. The third-order valence-electron chi connectivity index (χ3n) is 3.72. The maximum Gasteiger partial charge on any atom is 0.279 e. The number of rotatable bonds is 5. The van der Waals surface area contributed by atoms with Crippen LogP contribution in [0.3, 0.4) is 0 Å². The molecule has 0 atom stereocenters. The van der Waals surface area contributed by atoms with Gasteiger partial charge in [0.25, 0.3) is 10.2 Å². The van der Waals surface area contributed by atoms with Crippen LogP contribution in [0.4, 0.5) is 0 Å². The van der Waals surface area contributed by atoms with Gasteiger partial charge in [-0.15, -0.1) is 11.6 Å². The van der Waals surface area contributed by atoms with Crippen LogP contribution >= 0.6 is 11.6 Å². The van der Waals surface area contributed by atoms with Crippen LogP contribution < -0.4 is 4.72 Å². The lowest BCUT2D eigenvalue weighted by molar-refractivity contribution is 0.285. The van der Waals surface area contributed by atoms with Gasteiger partial charge in [0.15, 0.2) is 0 Å². The van der Waals surface area contributed by atoms with E-state index in [1.165, 1.54) is 0 Å². The molecular weight excluding hydrogens is 296 g/mol. The summed E-state index contributed by atoms with van der Waals surface area (Å²) < 4.78 is 28.6. The van der Waals surface area contributed by atoms with Crippen molar-refractivity contribution >= 4 is 21.8 Å². The van der Waals surface area contributed by atoms with E-state index in [2.05, 4.69) is 11.6 Å². The molecule has 4 nitrogen and oxygen atoms in total. The van der Waals surface area contributed by atoms with Crippen molar-refractivity contribution in [3.63, 3.8) is 0 Å². The van der Waals surface area contributed by atoms with Gasteiger partial charge in [-0.3, -0.25) is 0 Å². The van der Waals surface area contributed by atoms with E-state index in [4.69, 9.17) is 11.6 Å². The summed E-state index contributed by atoms with van der Waals surface area (Å²) in [5.74, 6) is 1.09. The fraction of sp³-hybridized carbons (Fsp3) is 0.571. The van der Waals surface area contributed by atoms with E-state index in [9.17, 15) is 8.42 Å². The molecule has 20 heavy (non-hydrogen) atoms. The molecule has 1 fully saturated rings. The number of nitrogens with one attached hydrogen (secondary N) is 1. The molecule has 0 saturated carbocycles. The first kappa shape index (κ1) is 15.8. The molecule has 112 valence electrons. The van der Waals surface area contributed by atoms with Gasteiger partial charge in [-0.25, -0.2) is 0 Å². The highest BCUT2D eigenvalue weighted by atomic mass is 35.5. The molecule has 2 rings (SSSR count). The van der Waals surface area contributed by atoms with Gasteiger partial charge in [-0.05, 0) is 29.9 Å². The molecule has 1 aliphatic rings. The summed E-state index contributed by atoms with van der Waals surface area (Å²) in [5.41, 5.74) is 1.97. The molecule has 1 saturated heterocycles. The molecular formula is C14H21ClN2O2S. The molecule has 0 radical (unpaired) electrons. The molecule has 1 aromatic carbocycles. The van der Waals surface area contributed by atoms with E-state index in [-0.39, 0.29) is 0 Å². The van der Waals surface area contributed by atoms with Crippen molar-refractivity contribution in [3.05, 3.63) is 35.4 Å². The van der Waals surface area contributed by atoms with Crippen molar-refractivity contribution in [1.82, 2.24) is 9.03 Å². The van der Waals surface area contributed by atoms with Crippen LogP contribution in [-0.2, 0) is 22.6 Å². The minimum atomic E-state index is -3.36. The Morgan fingerprint density at radius 1 is 1.20 bits per heavy atom. The van der Waals surface area contributed by atoms with Crippen LogP contribution in [0, 0.1) is 5.92 Å². The van der Waals surface area contributed by atoms with Crippen LogP contribution in [-0.4, -0.2) is 25.8 Å².